The van der Waals surface area contributed by atoms with Crippen molar-refractivity contribution >= 4 is 39.6 Å². The van der Waals surface area contributed by atoms with Gasteiger partial charge in [-0.25, -0.2) is 0 Å². The van der Waals surface area contributed by atoms with Gasteiger partial charge in [0.15, 0.2) is 11.5 Å². The Kier molecular flexibility index (Phi) is 5.35. The first kappa shape index (κ1) is 16.8. The second-order valence-corrected chi connectivity index (χ2v) is 6.47. The average Bonchev–Trinajstić information content (AvgIpc) is 2.61. The number of ether oxygens (including phenoxy) is 2. The van der Waals surface area contributed by atoms with Crippen molar-refractivity contribution in [2.45, 2.75) is 13.5 Å². The lowest BCUT2D eigenvalue weighted by molar-refractivity contribution is 0.112. The lowest BCUT2D eigenvalue weighted by Gasteiger charge is -2.15. The van der Waals surface area contributed by atoms with E-state index in [-0.39, 0.29) is 0 Å². The van der Waals surface area contributed by atoms with E-state index in [0.717, 1.165) is 15.4 Å². The molecule has 0 amide bonds. The van der Waals surface area contributed by atoms with E-state index < -0.39 is 0 Å². The van der Waals surface area contributed by atoms with Gasteiger partial charge in [-0.3, -0.25) is 4.79 Å². The van der Waals surface area contributed by atoms with Crippen molar-refractivity contribution in [1.82, 2.24) is 0 Å². The minimum atomic E-state index is 0.442. The third kappa shape index (κ3) is 3.53. The zero-order chi connectivity index (χ0) is 16.9. The maximum atomic E-state index is 11.1. The minimum Gasteiger partial charge on any atom is -0.490 e. The fraction of sp³-hybridized carbons (Fsp3) is 0.150. The van der Waals surface area contributed by atoms with Crippen LogP contribution in [-0.2, 0) is 6.61 Å². The summed E-state index contributed by atoms with van der Waals surface area (Å²) in [5.74, 6) is 1.28. The van der Waals surface area contributed by atoms with Gasteiger partial charge >= 0.3 is 0 Å². The third-order valence-electron chi connectivity index (χ3n) is 3.72. The van der Waals surface area contributed by atoms with Gasteiger partial charge in [-0.1, -0.05) is 42.5 Å². The maximum absolute atomic E-state index is 11.1. The number of halogens is 1. The predicted molar refractivity (Wildman–Crippen MR) is 104 cm³/mol. The largest absolute Gasteiger partial charge is 0.490 e. The highest BCUT2D eigenvalue weighted by Crippen LogP contribution is 2.35. The van der Waals surface area contributed by atoms with Crippen molar-refractivity contribution in [1.29, 1.82) is 0 Å². The van der Waals surface area contributed by atoms with Crippen LogP contribution in [0.3, 0.4) is 0 Å². The number of fused-ring (bicyclic) bond motifs is 1. The number of carbonyl (C=O) groups excluding carboxylic acids is 1. The van der Waals surface area contributed by atoms with Gasteiger partial charge in [0, 0.05) is 5.56 Å². The number of hydrogen-bond donors (Lipinski definition) is 0. The molecule has 122 valence electrons. The molecular weight excluding hydrogens is 415 g/mol. The van der Waals surface area contributed by atoms with Gasteiger partial charge < -0.3 is 9.47 Å². The van der Waals surface area contributed by atoms with Gasteiger partial charge in [0.25, 0.3) is 0 Å². The monoisotopic (exact) mass is 432 g/mol. The van der Waals surface area contributed by atoms with Gasteiger partial charge in [0.2, 0.25) is 0 Å². The molecule has 0 saturated heterocycles. The van der Waals surface area contributed by atoms with E-state index in [2.05, 4.69) is 46.9 Å². The summed E-state index contributed by atoms with van der Waals surface area (Å²) in [4.78, 5) is 11.1. The van der Waals surface area contributed by atoms with Crippen molar-refractivity contribution in [3.63, 3.8) is 0 Å². The number of aldehydes is 1. The van der Waals surface area contributed by atoms with Crippen molar-refractivity contribution in [3.8, 4) is 11.5 Å². The molecule has 0 unspecified atom stereocenters. The summed E-state index contributed by atoms with van der Waals surface area (Å²) in [5.41, 5.74) is 1.70. The molecule has 0 fully saturated rings. The standard InChI is InChI=1S/C20H17IO3/c1-2-23-19-11-14(12-22)10-18(21)20(19)24-13-16-8-5-7-15-6-3-4-9-17(15)16/h3-12H,2,13H2,1H3. The molecule has 0 heterocycles. The van der Waals surface area contributed by atoms with E-state index in [0.29, 0.717) is 30.3 Å². The first-order valence-electron chi connectivity index (χ1n) is 7.74. The van der Waals surface area contributed by atoms with Gasteiger partial charge in [-0.05, 0) is 58.0 Å². The Morgan fingerprint density at radius 2 is 1.83 bits per heavy atom. The van der Waals surface area contributed by atoms with Crippen LogP contribution in [0.15, 0.2) is 54.6 Å². The normalized spacial score (nSPS) is 10.6. The molecule has 24 heavy (non-hydrogen) atoms. The summed E-state index contributed by atoms with van der Waals surface area (Å²) in [5, 5.41) is 2.37. The fourth-order valence-corrected chi connectivity index (χ4v) is 3.41. The average molecular weight is 432 g/mol. The molecule has 0 bridgehead atoms. The Bertz CT molecular complexity index is 869. The predicted octanol–water partition coefficient (Wildman–Crippen LogP) is 5.23. The molecular formula is C20H17IO3. The van der Waals surface area contributed by atoms with Gasteiger partial charge in [0.05, 0.1) is 10.2 Å². The Hall–Kier alpha value is -2.08. The molecule has 4 heteroatoms. The second kappa shape index (κ2) is 7.66. The van der Waals surface area contributed by atoms with Crippen LogP contribution in [-0.4, -0.2) is 12.9 Å². The number of rotatable bonds is 6. The number of benzene rings is 3. The molecule has 3 aromatic rings. The summed E-state index contributed by atoms with van der Waals surface area (Å²) in [6, 6.07) is 17.9. The van der Waals surface area contributed by atoms with Crippen LogP contribution in [0.2, 0.25) is 0 Å². The van der Waals surface area contributed by atoms with Crippen LogP contribution < -0.4 is 9.47 Å². The van der Waals surface area contributed by atoms with Crippen molar-refractivity contribution < 1.29 is 14.3 Å². The Morgan fingerprint density at radius 3 is 2.62 bits per heavy atom. The lowest BCUT2D eigenvalue weighted by atomic mass is 10.1. The first-order chi connectivity index (χ1) is 11.7. The summed E-state index contributed by atoms with van der Waals surface area (Å²) >= 11 is 2.17. The summed E-state index contributed by atoms with van der Waals surface area (Å²) < 4.78 is 12.6. The van der Waals surface area contributed by atoms with E-state index in [4.69, 9.17) is 9.47 Å². The van der Waals surface area contributed by atoms with Crippen molar-refractivity contribution in [2.24, 2.45) is 0 Å². The number of hydrogen-bond acceptors (Lipinski definition) is 3. The molecule has 0 aliphatic heterocycles. The van der Waals surface area contributed by atoms with Gasteiger partial charge in [-0.2, -0.15) is 0 Å². The molecule has 0 aliphatic carbocycles. The molecule has 3 rings (SSSR count). The smallest absolute Gasteiger partial charge is 0.175 e. The molecule has 0 aliphatic rings. The highest BCUT2D eigenvalue weighted by Gasteiger charge is 2.13. The van der Waals surface area contributed by atoms with Crippen LogP contribution in [0, 0.1) is 3.57 Å². The quantitative estimate of drug-likeness (QED) is 0.395. The Labute approximate surface area is 154 Å². The van der Waals surface area contributed by atoms with E-state index in [1.807, 2.05) is 25.1 Å². The second-order valence-electron chi connectivity index (χ2n) is 5.31. The molecule has 0 aromatic heterocycles. The van der Waals surface area contributed by atoms with Crippen LogP contribution >= 0.6 is 22.6 Å². The number of carbonyl (C=O) groups is 1. The van der Waals surface area contributed by atoms with E-state index >= 15 is 0 Å². The van der Waals surface area contributed by atoms with Crippen LogP contribution in [0.5, 0.6) is 11.5 Å². The topological polar surface area (TPSA) is 35.5 Å². The zero-order valence-corrected chi connectivity index (χ0v) is 15.4. The van der Waals surface area contributed by atoms with E-state index in [9.17, 15) is 4.79 Å². The van der Waals surface area contributed by atoms with Crippen molar-refractivity contribution in [2.75, 3.05) is 6.61 Å². The van der Waals surface area contributed by atoms with Crippen LogP contribution in [0.25, 0.3) is 10.8 Å². The Balaban J connectivity index is 1.92. The molecule has 0 radical (unpaired) electrons. The molecule has 3 nitrogen and oxygen atoms in total. The highest BCUT2D eigenvalue weighted by molar-refractivity contribution is 14.1. The molecule has 0 spiro atoms. The molecule has 0 atom stereocenters. The SMILES string of the molecule is CCOc1cc(C=O)cc(I)c1OCc1cccc2ccccc12. The van der Waals surface area contributed by atoms with Crippen LogP contribution in [0.1, 0.15) is 22.8 Å². The third-order valence-corrected chi connectivity index (χ3v) is 4.52. The first-order valence-corrected chi connectivity index (χ1v) is 8.81. The maximum Gasteiger partial charge on any atom is 0.175 e. The van der Waals surface area contributed by atoms with Gasteiger partial charge in [0.1, 0.15) is 12.9 Å². The molecule has 0 N–H and O–H groups in total. The minimum absolute atomic E-state index is 0.442. The highest BCUT2D eigenvalue weighted by atomic mass is 127. The van der Waals surface area contributed by atoms with Gasteiger partial charge in [-0.15, -0.1) is 0 Å². The summed E-state index contributed by atoms with van der Waals surface area (Å²) in [7, 11) is 0. The summed E-state index contributed by atoms with van der Waals surface area (Å²) in [6.45, 7) is 2.87. The zero-order valence-electron chi connectivity index (χ0n) is 13.3. The Morgan fingerprint density at radius 1 is 1.04 bits per heavy atom. The summed E-state index contributed by atoms with van der Waals surface area (Å²) in [6.07, 6.45) is 0.819. The van der Waals surface area contributed by atoms with Crippen LogP contribution in [0.4, 0.5) is 0 Å². The van der Waals surface area contributed by atoms with E-state index in [1.54, 1.807) is 12.1 Å². The molecule has 0 saturated carbocycles. The lowest BCUT2D eigenvalue weighted by Crippen LogP contribution is -2.03. The fourth-order valence-electron chi connectivity index (χ4n) is 2.63. The van der Waals surface area contributed by atoms with Crippen molar-refractivity contribution in [3.05, 3.63) is 69.3 Å². The van der Waals surface area contributed by atoms with E-state index in [1.165, 1.54) is 10.8 Å². The molecule has 3 aromatic carbocycles.